The van der Waals surface area contributed by atoms with E-state index in [0.717, 1.165) is 6.20 Å². The minimum absolute atomic E-state index is 0.0578. The maximum Gasteiger partial charge on any atom is 0.343 e. The third-order valence-corrected chi connectivity index (χ3v) is 3.09. The van der Waals surface area contributed by atoms with E-state index in [1.807, 2.05) is 0 Å². The van der Waals surface area contributed by atoms with E-state index < -0.39 is 17.2 Å². The number of carbonyl (C=O) groups excluding carboxylic acids is 1. The van der Waals surface area contributed by atoms with Crippen LogP contribution in [-0.2, 0) is 4.74 Å². The van der Waals surface area contributed by atoms with Crippen LogP contribution in [0, 0.1) is 5.82 Å². The SMILES string of the molecule is CCOC(=O)c1c[nH]c2c(F)ccc(Br)c2c1=O. The fourth-order valence-electron chi connectivity index (χ4n) is 1.62. The van der Waals surface area contributed by atoms with Gasteiger partial charge in [0.1, 0.15) is 11.4 Å². The molecule has 1 aromatic heterocycles. The van der Waals surface area contributed by atoms with Crippen LogP contribution in [0.2, 0.25) is 0 Å². The van der Waals surface area contributed by atoms with E-state index in [1.165, 1.54) is 12.1 Å². The lowest BCUT2D eigenvalue weighted by atomic mass is 10.1. The number of hydrogen-bond donors (Lipinski definition) is 1. The monoisotopic (exact) mass is 313 g/mol. The van der Waals surface area contributed by atoms with Gasteiger partial charge in [0.05, 0.1) is 17.5 Å². The number of benzene rings is 1. The van der Waals surface area contributed by atoms with Crippen LogP contribution in [0.4, 0.5) is 4.39 Å². The molecule has 1 heterocycles. The van der Waals surface area contributed by atoms with Crippen LogP contribution in [-0.4, -0.2) is 17.6 Å². The summed E-state index contributed by atoms with van der Waals surface area (Å²) in [6.07, 6.45) is 1.16. The molecular weight excluding hydrogens is 305 g/mol. The summed E-state index contributed by atoms with van der Waals surface area (Å²) in [5.74, 6) is -1.28. The van der Waals surface area contributed by atoms with Crippen molar-refractivity contribution >= 4 is 32.8 Å². The molecule has 6 heteroatoms. The number of hydrogen-bond acceptors (Lipinski definition) is 3. The van der Waals surface area contributed by atoms with Gasteiger partial charge in [-0.05, 0) is 35.0 Å². The van der Waals surface area contributed by atoms with Crippen molar-refractivity contribution in [1.29, 1.82) is 0 Å². The summed E-state index contributed by atoms with van der Waals surface area (Å²) >= 11 is 3.17. The number of H-pyrrole nitrogens is 1. The molecular formula is C12H9BrFNO3. The first-order valence-corrected chi connectivity index (χ1v) is 6.02. The number of aromatic amines is 1. The topological polar surface area (TPSA) is 59.2 Å². The van der Waals surface area contributed by atoms with Crippen molar-refractivity contribution in [2.45, 2.75) is 6.92 Å². The Labute approximate surface area is 110 Å². The Hall–Kier alpha value is -1.69. The standard InChI is InChI=1S/C12H9BrFNO3/c1-2-18-12(17)6-5-15-10-8(14)4-3-7(13)9(10)11(6)16/h3-5H,2H2,1H3,(H,15,16). The van der Waals surface area contributed by atoms with Crippen LogP contribution in [0.25, 0.3) is 10.9 Å². The van der Waals surface area contributed by atoms with Crippen LogP contribution in [0.15, 0.2) is 27.6 Å². The smallest absolute Gasteiger partial charge is 0.343 e. The van der Waals surface area contributed by atoms with Crippen molar-refractivity contribution in [1.82, 2.24) is 4.98 Å². The Morgan fingerprint density at radius 2 is 2.22 bits per heavy atom. The van der Waals surface area contributed by atoms with Crippen molar-refractivity contribution < 1.29 is 13.9 Å². The van der Waals surface area contributed by atoms with Gasteiger partial charge in [-0.2, -0.15) is 0 Å². The number of pyridine rings is 1. The number of nitrogens with one attached hydrogen (secondary N) is 1. The molecule has 0 spiro atoms. The number of rotatable bonds is 2. The molecule has 2 rings (SSSR count). The van der Waals surface area contributed by atoms with Gasteiger partial charge >= 0.3 is 5.97 Å². The highest BCUT2D eigenvalue weighted by atomic mass is 79.9. The van der Waals surface area contributed by atoms with Gasteiger partial charge in [0.15, 0.2) is 0 Å². The highest BCUT2D eigenvalue weighted by molar-refractivity contribution is 9.10. The third kappa shape index (κ3) is 2.03. The molecule has 2 aromatic rings. The average Bonchev–Trinajstić information content (AvgIpc) is 2.34. The van der Waals surface area contributed by atoms with E-state index in [0.29, 0.717) is 4.47 Å². The van der Waals surface area contributed by atoms with Gasteiger partial charge in [-0.3, -0.25) is 4.79 Å². The highest BCUT2D eigenvalue weighted by Crippen LogP contribution is 2.22. The van der Waals surface area contributed by atoms with Gasteiger partial charge in [-0.1, -0.05) is 0 Å². The van der Waals surface area contributed by atoms with Crippen molar-refractivity contribution in [2.75, 3.05) is 6.61 Å². The summed E-state index contributed by atoms with van der Waals surface area (Å²) in [4.78, 5) is 26.3. The van der Waals surface area contributed by atoms with Gasteiger partial charge in [-0.15, -0.1) is 0 Å². The molecule has 1 aromatic carbocycles. The molecule has 4 nitrogen and oxygen atoms in total. The lowest BCUT2D eigenvalue weighted by molar-refractivity contribution is 0.0524. The summed E-state index contributed by atoms with van der Waals surface area (Å²) in [7, 11) is 0. The number of carbonyl (C=O) groups is 1. The molecule has 0 bridgehead atoms. The molecule has 0 saturated carbocycles. The van der Waals surface area contributed by atoms with Gasteiger partial charge in [0.25, 0.3) is 0 Å². The van der Waals surface area contributed by atoms with E-state index >= 15 is 0 Å². The molecule has 0 amide bonds. The van der Waals surface area contributed by atoms with Gasteiger partial charge in [0, 0.05) is 10.7 Å². The minimum Gasteiger partial charge on any atom is -0.462 e. The summed E-state index contributed by atoms with van der Waals surface area (Å²) in [6.45, 7) is 1.81. The predicted octanol–water partition coefficient (Wildman–Crippen LogP) is 2.61. The largest absolute Gasteiger partial charge is 0.462 e. The van der Waals surface area contributed by atoms with Crippen LogP contribution < -0.4 is 5.43 Å². The van der Waals surface area contributed by atoms with E-state index in [2.05, 4.69) is 20.9 Å². The van der Waals surface area contributed by atoms with Crippen molar-refractivity contribution in [2.24, 2.45) is 0 Å². The first-order valence-electron chi connectivity index (χ1n) is 5.22. The molecule has 0 unspecified atom stereocenters. The minimum atomic E-state index is -0.725. The number of esters is 1. The average molecular weight is 314 g/mol. The summed E-state index contributed by atoms with van der Waals surface area (Å²) in [5.41, 5.74) is -0.647. The quantitative estimate of drug-likeness (QED) is 0.867. The molecule has 0 aliphatic carbocycles. The second-order valence-electron chi connectivity index (χ2n) is 3.53. The van der Waals surface area contributed by atoms with E-state index in [-0.39, 0.29) is 23.1 Å². The Morgan fingerprint density at radius 3 is 2.89 bits per heavy atom. The number of halogens is 2. The molecule has 1 N–H and O–H groups in total. The molecule has 0 radical (unpaired) electrons. The first kappa shape index (κ1) is 12.8. The molecule has 0 aliphatic rings. The second kappa shape index (κ2) is 4.89. The van der Waals surface area contributed by atoms with E-state index in [9.17, 15) is 14.0 Å². The Kier molecular flexibility index (Phi) is 3.47. The molecule has 94 valence electrons. The Morgan fingerprint density at radius 1 is 1.50 bits per heavy atom. The Bertz CT molecular complexity index is 681. The number of fused-ring (bicyclic) bond motifs is 1. The van der Waals surface area contributed by atoms with Crippen LogP contribution >= 0.6 is 15.9 Å². The zero-order valence-electron chi connectivity index (χ0n) is 9.42. The van der Waals surface area contributed by atoms with Crippen molar-refractivity contribution in [3.63, 3.8) is 0 Å². The van der Waals surface area contributed by atoms with Crippen LogP contribution in [0.5, 0.6) is 0 Å². The maximum atomic E-state index is 13.5. The number of aromatic nitrogens is 1. The van der Waals surface area contributed by atoms with Gasteiger partial charge < -0.3 is 9.72 Å². The van der Waals surface area contributed by atoms with Gasteiger partial charge in [-0.25, -0.2) is 9.18 Å². The first-order chi connectivity index (χ1) is 8.56. The fourth-order valence-corrected chi connectivity index (χ4v) is 2.13. The normalized spacial score (nSPS) is 10.6. The van der Waals surface area contributed by atoms with Crippen LogP contribution in [0.1, 0.15) is 17.3 Å². The maximum absolute atomic E-state index is 13.5. The summed E-state index contributed by atoms with van der Waals surface area (Å²) in [6, 6.07) is 2.65. The van der Waals surface area contributed by atoms with E-state index in [4.69, 9.17) is 4.74 Å². The van der Waals surface area contributed by atoms with E-state index in [1.54, 1.807) is 6.92 Å². The fraction of sp³-hybridized carbons (Fsp3) is 0.167. The van der Waals surface area contributed by atoms with Gasteiger partial charge in [0.2, 0.25) is 5.43 Å². The molecule has 0 atom stereocenters. The van der Waals surface area contributed by atoms with Crippen molar-refractivity contribution in [3.05, 3.63) is 44.4 Å². The summed E-state index contributed by atoms with van der Waals surface area (Å²) < 4.78 is 18.7. The zero-order chi connectivity index (χ0) is 13.3. The lowest BCUT2D eigenvalue weighted by Gasteiger charge is -2.05. The third-order valence-electron chi connectivity index (χ3n) is 2.43. The second-order valence-corrected chi connectivity index (χ2v) is 4.39. The number of ether oxygens (including phenoxy) is 1. The molecule has 0 saturated heterocycles. The zero-order valence-corrected chi connectivity index (χ0v) is 11.0. The molecule has 0 aliphatic heterocycles. The molecule has 18 heavy (non-hydrogen) atoms. The highest BCUT2D eigenvalue weighted by Gasteiger charge is 2.17. The predicted molar refractivity (Wildman–Crippen MR) is 68.2 cm³/mol. The van der Waals surface area contributed by atoms with Crippen LogP contribution in [0.3, 0.4) is 0 Å². The Balaban J connectivity index is 2.76. The lowest BCUT2D eigenvalue weighted by Crippen LogP contribution is -2.18. The van der Waals surface area contributed by atoms with Crippen molar-refractivity contribution in [3.8, 4) is 0 Å². The summed E-state index contributed by atoms with van der Waals surface area (Å²) in [5, 5.41) is 0.0977. The molecule has 0 fully saturated rings.